The van der Waals surface area contributed by atoms with Gasteiger partial charge in [0.2, 0.25) is 10.6 Å². The van der Waals surface area contributed by atoms with Crippen molar-refractivity contribution in [2.45, 2.75) is 76.8 Å². The van der Waals surface area contributed by atoms with Gasteiger partial charge in [-0.05, 0) is 64.8 Å². The molecule has 0 radical (unpaired) electrons. The summed E-state index contributed by atoms with van der Waals surface area (Å²) in [5, 5.41) is 7.35. The van der Waals surface area contributed by atoms with E-state index < -0.39 is 0 Å². The van der Waals surface area contributed by atoms with Gasteiger partial charge in [-0.25, -0.2) is 9.97 Å². The summed E-state index contributed by atoms with van der Waals surface area (Å²) in [6.45, 7) is 2.02. The Morgan fingerprint density at radius 3 is 2.00 bits per heavy atom. The van der Waals surface area contributed by atoms with Crippen LogP contribution in [0.3, 0.4) is 0 Å². The van der Waals surface area contributed by atoms with Crippen molar-refractivity contribution in [2.24, 2.45) is 0 Å². The molecule has 9 heteroatoms. The summed E-state index contributed by atoms with van der Waals surface area (Å²) < 4.78 is 0.869. The van der Waals surface area contributed by atoms with Gasteiger partial charge in [-0.1, -0.05) is 44.4 Å². The normalized spacial score (nSPS) is 16.3. The van der Waals surface area contributed by atoms with Crippen LogP contribution in [0.1, 0.15) is 70.3 Å². The van der Waals surface area contributed by atoms with Gasteiger partial charge in [0, 0.05) is 30.9 Å². The monoisotopic (exact) mass is 524 g/mol. The lowest BCUT2D eigenvalue weighted by molar-refractivity contribution is 0.749. The Kier molecular flexibility index (Phi) is 9.63. The molecular formula is C22H27BrCl2N6. The summed E-state index contributed by atoms with van der Waals surface area (Å²) in [7, 11) is 0. The average molecular weight is 526 g/mol. The van der Waals surface area contributed by atoms with E-state index in [4.69, 9.17) is 23.2 Å². The first-order valence-corrected chi connectivity index (χ1v) is 12.3. The van der Waals surface area contributed by atoms with Crippen LogP contribution < -0.4 is 10.6 Å². The van der Waals surface area contributed by atoms with E-state index in [0.29, 0.717) is 12.1 Å². The van der Waals surface area contributed by atoms with Crippen LogP contribution in [0.15, 0.2) is 16.9 Å². The highest BCUT2D eigenvalue weighted by Crippen LogP contribution is 2.26. The van der Waals surface area contributed by atoms with E-state index >= 15 is 0 Å². The fraction of sp³-hybridized carbons (Fsp3) is 0.545. The summed E-state index contributed by atoms with van der Waals surface area (Å²) in [6.07, 6.45) is 14.2. The molecule has 0 unspecified atom stereocenters. The van der Waals surface area contributed by atoms with Gasteiger partial charge in [0.1, 0.15) is 11.6 Å². The van der Waals surface area contributed by atoms with Crippen LogP contribution in [0.5, 0.6) is 0 Å². The van der Waals surface area contributed by atoms with E-state index in [0.717, 1.165) is 28.1 Å². The number of hydrogen-bond acceptors (Lipinski definition) is 6. The maximum absolute atomic E-state index is 5.83. The SMILES string of the molecule is CCC#Cc1cnc(Cl)nc1NC1CCCC1.Clc1ncc(Br)c(NC2CCCC2)n1. The molecule has 2 aliphatic carbocycles. The lowest BCUT2D eigenvalue weighted by Crippen LogP contribution is -2.16. The highest BCUT2D eigenvalue weighted by molar-refractivity contribution is 9.10. The van der Waals surface area contributed by atoms with Crippen LogP contribution in [0.25, 0.3) is 0 Å². The molecule has 0 amide bonds. The Balaban J connectivity index is 0.000000179. The molecule has 0 saturated heterocycles. The minimum absolute atomic E-state index is 0.271. The average Bonchev–Trinajstić information content (AvgIpc) is 3.45. The summed E-state index contributed by atoms with van der Waals surface area (Å²) >= 11 is 14.9. The molecule has 2 fully saturated rings. The van der Waals surface area contributed by atoms with E-state index in [1.807, 2.05) is 6.92 Å². The largest absolute Gasteiger partial charge is 0.366 e. The number of nitrogens with one attached hydrogen (secondary N) is 2. The smallest absolute Gasteiger partial charge is 0.224 e. The number of nitrogens with zero attached hydrogens (tertiary/aromatic N) is 4. The molecule has 0 aliphatic heterocycles. The third kappa shape index (κ3) is 7.78. The second kappa shape index (κ2) is 12.4. The van der Waals surface area contributed by atoms with Crippen molar-refractivity contribution in [3.8, 4) is 11.8 Å². The van der Waals surface area contributed by atoms with Crippen molar-refractivity contribution in [3.05, 3.63) is 33.0 Å². The summed E-state index contributed by atoms with van der Waals surface area (Å²) in [6, 6.07) is 1.04. The summed E-state index contributed by atoms with van der Waals surface area (Å²) in [5.74, 6) is 7.68. The Morgan fingerprint density at radius 1 is 0.903 bits per heavy atom. The zero-order valence-corrected chi connectivity index (χ0v) is 20.7. The molecule has 2 saturated carbocycles. The number of aromatic nitrogens is 4. The minimum atomic E-state index is 0.271. The lowest BCUT2D eigenvalue weighted by Gasteiger charge is -2.13. The topological polar surface area (TPSA) is 75.6 Å². The second-order valence-electron chi connectivity index (χ2n) is 7.64. The van der Waals surface area contributed by atoms with Gasteiger partial charge in [-0.15, -0.1) is 0 Å². The van der Waals surface area contributed by atoms with Crippen LogP contribution in [0.4, 0.5) is 11.6 Å². The van der Waals surface area contributed by atoms with Crippen molar-refractivity contribution >= 4 is 50.8 Å². The molecular weight excluding hydrogens is 499 g/mol. The molecule has 2 aromatic rings. The molecule has 2 aliphatic rings. The number of halogens is 3. The van der Waals surface area contributed by atoms with Gasteiger partial charge in [-0.2, -0.15) is 9.97 Å². The molecule has 0 spiro atoms. The predicted octanol–water partition coefficient (Wildman–Crippen LogP) is 6.49. The third-order valence-corrected chi connectivity index (χ3v) is 6.21. The van der Waals surface area contributed by atoms with Crippen LogP contribution in [0.2, 0.25) is 10.6 Å². The minimum Gasteiger partial charge on any atom is -0.366 e. The first-order valence-electron chi connectivity index (χ1n) is 10.8. The number of rotatable bonds is 4. The third-order valence-electron chi connectivity index (χ3n) is 5.27. The number of hydrogen-bond donors (Lipinski definition) is 2. The maximum Gasteiger partial charge on any atom is 0.224 e. The van der Waals surface area contributed by atoms with Gasteiger partial charge < -0.3 is 10.6 Å². The summed E-state index contributed by atoms with van der Waals surface area (Å²) in [4.78, 5) is 16.2. The molecule has 0 atom stereocenters. The Hall–Kier alpha value is -1.62. The lowest BCUT2D eigenvalue weighted by atomic mass is 10.2. The quantitative estimate of drug-likeness (QED) is 0.350. The van der Waals surface area contributed by atoms with E-state index in [1.54, 1.807) is 12.4 Å². The van der Waals surface area contributed by atoms with E-state index in [1.165, 1.54) is 51.4 Å². The fourth-order valence-corrected chi connectivity index (χ4v) is 4.29. The van der Waals surface area contributed by atoms with E-state index in [-0.39, 0.29) is 10.6 Å². The molecule has 166 valence electrons. The number of anilines is 2. The van der Waals surface area contributed by atoms with Crippen LogP contribution >= 0.6 is 39.1 Å². The van der Waals surface area contributed by atoms with Gasteiger partial charge in [0.05, 0.1) is 10.0 Å². The van der Waals surface area contributed by atoms with Crippen LogP contribution in [-0.2, 0) is 0 Å². The van der Waals surface area contributed by atoms with Gasteiger partial charge in [-0.3, -0.25) is 0 Å². The van der Waals surface area contributed by atoms with Crippen molar-refractivity contribution < 1.29 is 0 Å². The van der Waals surface area contributed by atoms with E-state index in [9.17, 15) is 0 Å². The maximum atomic E-state index is 5.83. The van der Waals surface area contributed by atoms with Gasteiger partial charge >= 0.3 is 0 Å². The zero-order chi connectivity index (χ0) is 22.1. The fourth-order valence-electron chi connectivity index (χ4n) is 3.72. The molecule has 6 nitrogen and oxygen atoms in total. The molecule has 0 bridgehead atoms. The van der Waals surface area contributed by atoms with Crippen molar-refractivity contribution in [1.29, 1.82) is 0 Å². The van der Waals surface area contributed by atoms with E-state index in [2.05, 4.69) is 58.3 Å². The predicted molar refractivity (Wildman–Crippen MR) is 131 cm³/mol. The molecule has 2 heterocycles. The molecule has 0 aromatic carbocycles. The summed E-state index contributed by atoms with van der Waals surface area (Å²) in [5.41, 5.74) is 0.836. The van der Waals surface area contributed by atoms with Gasteiger partial charge in [0.25, 0.3) is 0 Å². The molecule has 2 aromatic heterocycles. The Bertz CT molecular complexity index is 918. The Labute approximate surface area is 202 Å². The standard InChI is InChI=1S/C13H16ClN3.C9H11BrClN3/c1-2-3-6-10-9-15-13(14)17-12(10)16-11-7-4-5-8-11;10-7-5-12-9(11)14-8(7)13-6-3-1-2-4-6/h9,11H,2,4-5,7-8H2,1H3,(H,15,16,17);5-6H,1-4H2,(H,12,13,14). The highest BCUT2D eigenvalue weighted by Gasteiger charge is 2.17. The molecule has 2 N–H and O–H groups in total. The van der Waals surface area contributed by atoms with Crippen molar-refractivity contribution in [1.82, 2.24) is 19.9 Å². The molecule has 4 rings (SSSR count). The van der Waals surface area contributed by atoms with Crippen LogP contribution in [-0.4, -0.2) is 32.0 Å². The highest BCUT2D eigenvalue weighted by atomic mass is 79.9. The van der Waals surface area contributed by atoms with Crippen LogP contribution in [0, 0.1) is 11.8 Å². The molecule has 31 heavy (non-hydrogen) atoms. The second-order valence-corrected chi connectivity index (χ2v) is 9.17. The van der Waals surface area contributed by atoms with Gasteiger partial charge in [0.15, 0.2) is 0 Å². The Morgan fingerprint density at radius 2 is 1.42 bits per heavy atom. The zero-order valence-electron chi connectivity index (χ0n) is 17.6. The van der Waals surface area contributed by atoms with Crippen molar-refractivity contribution in [3.63, 3.8) is 0 Å². The van der Waals surface area contributed by atoms with Crippen molar-refractivity contribution in [2.75, 3.05) is 10.6 Å². The first kappa shape index (κ1) is 24.0. The first-order chi connectivity index (χ1) is 15.0.